The summed E-state index contributed by atoms with van der Waals surface area (Å²) in [5.74, 6) is -0.917. The minimum atomic E-state index is -1.35. The van der Waals surface area contributed by atoms with Gasteiger partial charge in [-0.2, -0.15) is 0 Å². The van der Waals surface area contributed by atoms with E-state index in [-0.39, 0.29) is 24.9 Å². The number of carbonyl (C=O) groups is 2. The standard InChI is InChI=1S/C14H25NO5.Li/c1-8(2)5-10(7-19-6-9(3)4)15-13(16)11-12(20-11)14(17)18;/h8-12H,5-7H2,1-4H3,(H,15,16)(H,17,18);/q;+1/p-1/t10-,11-,12-;/m0./s1. The molecule has 0 saturated carbocycles. The summed E-state index contributed by atoms with van der Waals surface area (Å²) in [7, 11) is 0. The molecule has 116 valence electrons. The van der Waals surface area contributed by atoms with Crippen LogP contribution in [-0.4, -0.2) is 43.3 Å². The molecule has 7 heteroatoms. The molecule has 1 aliphatic heterocycles. The molecule has 1 rings (SSSR count). The number of aliphatic carboxylic acids is 1. The number of carboxylic acid groups (broad SMARTS) is 1. The smallest absolute Gasteiger partial charge is 0.547 e. The summed E-state index contributed by atoms with van der Waals surface area (Å²) in [5, 5.41) is 13.3. The first-order valence-electron chi connectivity index (χ1n) is 7.05. The fourth-order valence-corrected chi connectivity index (χ4v) is 1.96. The number of carbonyl (C=O) groups excluding carboxylic acids is 2. The molecule has 21 heavy (non-hydrogen) atoms. The van der Waals surface area contributed by atoms with Crippen LogP contribution in [0.5, 0.6) is 0 Å². The monoisotopic (exact) mass is 293 g/mol. The van der Waals surface area contributed by atoms with Crippen LogP contribution in [0.15, 0.2) is 0 Å². The van der Waals surface area contributed by atoms with E-state index in [0.29, 0.717) is 25.0 Å². The molecule has 1 saturated heterocycles. The largest absolute Gasteiger partial charge is 1.00 e. The number of hydrogen-bond acceptors (Lipinski definition) is 5. The number of amides is 1. The Bertz CT molecular complexity index is 348. The Balaban J connectivity index is 0.00000400. The second-order valence-electron chi connectivity index (χ2n) is 6.06. The maximum atomic E-state index is 11.8. The average molecular weight is 293 g/mol. The predicted molar refractivity (Wildman–Crippen MR) is 70.7 cm³/mol. The molecular weight excluding hydrogens is 269 g/mol. The van der Waals surface area contributed by atoms with Gasteiger partial charge >= 0.3 is 18.9 Å². The van der Waals surface area contributed by atoms with Gasteiger partial charge in [-0.1, -0.05) is 27.7 Å². The van der Waals surface area contributed by atoms with E-state index in [4.69, 9.17) is 9.47 Å². The van der Waals surface area contributed by atoms with Crippen molar-refractivity contribution in [1.29, 1.82) is 0 Å². The van der Waals surface area contributed by atoms with Crippen LogP contribution >= 0.6 is 0 Å². The van der Waals surface area contributed by atoms with E-state index < -0.39 is 24.1 Å². The van der Waals surface area contributed by atoms with Crippen molar-refractivity contribution in [3.8, 4) is 0 Å². The van der Waals surface area contributed by atoms with Crippen molar-refractivity contribution in [3.63, 3.8) is 0 Å². The van der Waals surface area contributed by atoms with Gasteiger partial charge in [-0.15, -0.1) is 0 Å². The summed E-state index contributed by atoms with van der Waals surface area (Å²) in [4.78, 5) is 22.4. The van der Waals surface area contributed by atoms with Crippen molar-refractivity contribution < 1.29 is 43.0 Å². The van der Waals surface area contributed by atoms with Gasteiger partial charge in [-0.05, 0) is 18.3 Å². The van der Waals surface area contributed by atoms with Gasteiger partial charge in [0, 0.05) is 6.61 Å². The van der Waals surface area contributed by atoms with Crippen LogP contribution < -0.4 is 29.3 Å². The van der Waals surface area contributed by atoms with E-state index in [1.807, 2.05) is 0 Å². The summed E-state index contributed by atoms with van der Waals surface area (Å²) < 4.78 is 10.3. The third kappa shape index (κ3) is 7.87. The molecule has 0 spiro atoms. The first-order chi connectivity index (χ1) is 9.31. The molecule has 0 aromatic rings. The molecule has 0 radical (unpaired) electrons. The first kappa shape index (κ1) is 20.5. The summed E-state index contributed by atoms with van der Waals surface area (Å²) in [5.41, 5.74) is 0. The van der Waals surface area contributed by atoms with Crippen LogP contribution in [0, 0.1) is 11.8 Å². The summed E-state index contributed by atoms with van der Waals surface area (Å²) in [6.07, 6.45) is -1.25. The van der Waals surface area contributed by atoms with Crippen LogP contribution in [-0.2, 0) is 19.1 Å². The molecule has 0 aromatic carbocycles. The quantitative estimate of drug-likeness (QED) is 0.355. The molecule has 0 aliphatic carbocycles. The molecule has 0 aromatic heterocycles. The van der Waals surface area contributed by atoms with Crippen LogP contribution in [0.4, 0.5) is 0 Å². The average Bonchev–Trinajstić information content (AvgIpc) is 3.06. The van der Waals surface area contributed by atoms with Gasteiger partial charge in [0.25, 0.3) is 5.91 Å². The molecule has 6 nitrogen and oxygen atoms in total. The third-order valence-corrected chi connectivity index (χ3v) is 2.85. The van der Waals surface area contributed by atoms with E-state index in [2.05, 4.69) is 33.0 Å². The molecule has 1 N–H and O–H groups in total. The van der Waals surface area contributed by atoms with E-state index in [1.54, 1.807) is 0 Å². The zero-order valence-corrected chi connectivity index (χ0v) is 13.5. The Morgan fingerprint density at radius 3 is 2.19 bits per heavy atom. The Labute approximate surface area is 138 Å². The van der Waals surface area contributed by atoms with Gasteiger partial charge in [0.05, 0.1) is 18.6 Å². The van der Waals surface area contributed by atoms with Crippen molar-refractivity contribution in [2.75, 3.05) is 13.2 Å². The zero-order valence-electron chi connectivity index (χ0n) is 13.5. The van der Waals surface area contributed by atoms with Crippen molar-refractivity contribution in [2.24, 2.45) is 11.8 Å². The fourth-order valence-electron chi connectivity index (χ4n) is 1.96. The molecule has 0 unspecified atom stereocenters. The molecule has 3 atom stereocenters. The minimum Gasteiger partial charge on any atom is -0.547 e. The maximum absolute atomic E-state index is 11.8. The molecule has 0 bridgehead atoms. The van der Waals surface area contributed by atoms with E-state index in [1.165, 1.54) is 0 Å². The molecule has 1 amide bonds. The Morgan fingerprint density at radius 1 is 1.14 bits per heavy atom. The van der Waals surface area contributed by atoms with Crippen molar-refractivity contribution in [2.45, 2.75) is 52.4 Å². The maximum Gasteiger partial charge on any atom is 1.00 e. The minimum absolute atomic E-state index is 0. The second kappa shape index (κ2) is 9.47. The van der Waals surface area contributed by atoms with E-state index in [0.717, 1.165) is 6.42 Å². The Morgan fingerprint density at radius 2 is 1.76 bits per heavy atom. The number of epoxide rings is 1. The van der Waals surface area contributed by atoms with Crippen molar-refractivity contribution >= 4 is 11.9 Å². The summed E-state index contributed by atoms with van der Waals surface area (Å²) in [6.45, 7) is 9.27. The van der Waals surface area contributed by atoms with E-state index in [9.17, 15) is 14.7 Å². The topological polar surface area (TPSA) is 91.0 Å². The van der Waals surface area contributed by atoms with Crippen LogP contribution in [0.1, 0.15) is 34.1 Å². The number of rotatable bonds is 9. The van der Waals surface area contributed by atoms with Gasteiger partial charge in [-0.3, -0.25) is 4.79 Å². The van der Waals surface area contributed by atoms with Crippen molar-refractivity contribution in [3.05, 3.63) is 0 Å². The predicted octanol–water partition coefficient (Wildman–Crippen LogP) is -3.29. The third-order valence-electron chi connectivity index (χ3n) is 2.85. The van der Waals surface area contributed by atoms with Crippen LogP contribution in [0.25, 0.3) is 0 Å². The Kier molecular flexibility index (Phi) is 9.22. The number of carboxylic acids is 1. The molecule has 1 fully saturated rings. The zero-order chi connectivity index (χ0) is 15.3. The molecule has 1 heterocycles. The summed E-state index contributed by atoms with van der Waals surface area (Å²) >= 11 is 0. The van der Waals surface area contributed by atoms with Gasteiger partial charge in [0.2, 0.25) is 0 Å². The first-order valence-corrected chi connectivity index (χ1v) is 7.05. The molecular formula is C14H24LiNO5. The van der Waals surface area contributed by atoms with Gasteiger partial charge < -0.3 is 24.7 Å². The number of hydrogen-bond donors (Lipinski definition) is 1. The number of ether oxygens (including phenoxy) is 2. The Hall–Kier alpha value is -0.543. The van der Waals surface area contributed by atoms with Gasteiger partial charge in [0.15, 0.2) is 6.10 Å². The number of nitrogens with one attached hydrogen (secondary N) is 1. The SMILES string of the molecule is CC(C)COC[C@H](CC(C)C)NC(=O)[C@H]1O[C@@H]1C(=O)[O-].[Li+]. The summed E-state index contributed by atoms with van der Waals surface area (Å²) in [6, 6.07) is -0.132. The van der Waals surface area contributed by atoms with Crippen molar-refractivity contribution in [1.82, 2.24) is 5.32 Å². The van der Waals surface area contributed by atoms with E-state index >= 15 is 0 Å². The fraction of sp³-hybridized carbons (Fsp3) is 0.857. The normalized spacial score (nSPS) is 21.8. The van der Waals surface area contributed by atoms with Crippen LogP contribution in [0.2, 0.25) is 0 Å². The van der Waals surface area contributed by atoms with Crippen LogP contribution in [0.3, 0.4) is 0 Å². The van der Waals surface area contributed by atoms with Gasteiger partial charge in [-0.25, -0.2) is 0 Å². The molecule has 1 aliphatic rings. The second-order valence-corrected chi connectivity index (χ2v) is 6.06. The van der Waals surface area contributed by atoms with Gasteiger partial charge in [0.1, 0.15) is 6.10 Å².